The summed E-state index contributed by atoms with van der Waals surface area (Å²) in [6.45, 7) is 6.90. The summed E-state index contributed by atoms with van der Waals surface area (Å²) < 4.78 is 27.1. The van der Waals surface area contributed by atoms with Crippen molar-refractivity contribution in [2.24, 2.45) is 0 Å². The average molecular weight is 239 g/mol. The first-order valence-electron chi connectivity index (χ1n) is 4.83. The molecule has 0 bridgehead atoms. The van der Waals surface area contributed by atoms with E-state index in [0.717, 1.165) is 0 Å². The van der Waals surface area contributed by atoms with E-state index in [1.807, 2.05) is 0 Å². The molecule has 0 aliphatic rings. The first kappa shape index (κ1) is 14.2. The number of hydrogen-bond acceptors (Lipinski definition) is 4. The second kappa shape index (κ2) is 5.34. The summed E-state index contributed by atoms with van der Waals surface area (Å²) in [6.07, 6.45) is -0.589. The maximum absolute atomic E-state index is 11.1. The van der Waals surface area contributed by atoms with E-state index in [0.29, 0.717) is 0 Å². The smallest absolute Gasteiger partial charge is 0.407 e. The highest BCUT2D eigenvalue weighted by Crippen LogP contribution is 2.06. The largest absolute Gasteiger partial charge is 0.444 e. The molecule has 0 saturated heterocycles. The highest BCUT2D eigenvalue weighted by Gasteiger charge is 2.16. The van der Waals surface area contributed by atoms with Crippen molar-refractivity contribution < 1.29 is 19.4 Å². The molecule has 0 saturated carbocycles. The van der Waals surface area contributed by atoms with E-state index in [4.69, 9.17) is 4.74 Å². The maximum Gasteiger partial charge on any atom is 0.407 e. The van der Waals surface area contributed by atoms with Crippen molar-refractivity contribution in [1.29, 1.82) is 0 Å². The van der Waals surface area contributed by atoms with Crippen LogP contribution in [0.2, 0.25) is 0 Å². The number of amides is 1. The molecule has 15 heavy (non-hydrogen) atoms. The van der Waals surface area contributed by atoms with Gasteiger partial charge in [-0.15, -0.1) is 0 Å². The third-order valence-electron chi connectivity index (χ3n) is 1.52. The van der Waals surface area contributed by atoms with E-state index >= 15 is 0 Å². The van der Waals surface area contributed by atoms with Crippen LogP contribution in [-0.2, 0) is 14.6 Å². The molecule has 1 amide bonds. The monoisotopic (exact) mass is 239 g/mol. The molecule has 0 unspecified atom stereocenters. The van der Waals surface area contributed by atoms with E-state index in [9.17, 15) is 13.2 Å². The molecule has 0 aromatic rings. The van der Waals surface area contributed by atoms with E-state index in [2.05, 4.69) is 5.32 Å². The van der Waals surface area contributed by atoms with Gasteiger partial charge in [0.15, 0.2) is 9.84 Å². The fourth-order valence-electron chi connectivity index (χ4n) is 0.767. The van der Waals surface area contributed by atoms with Gasteiger partial charge in [0.05, 0.1) is 5.75 Å². The summed E-state index contributed by atoms with van der Waals surface area (Å²) >= 11 is 0. The summed E-state index contributed by atoms with van der Waals surface area (Å²) in [7, 11) is -3.03. The Morgan fingerprint density at radius 3 is 2.33 bits per heavy atom. The molecular weight excluding hydrogens is 218 g/mol. The van der Waals surface area contributed by atoms with Gasteiger partial charge in [-0.25, -0.2) is 13.2 Å². The predicted octanol–water partition coefficient (Wildman–Crippen LogP) is 1.19. The van der Waals surface area contributed by atoms with Gasteiger partial charge in [-0.3, -0.25) is 0 Å². The van der Waals surface area contributed by atoms with Crippen LogP contribution in [0.15, 0.2) is 0 Å². The number of rotatable bonds is 4. The van der Waals surface area contributed by atoms with Gasteiger partial charge in [0, 0.05) is 13.7 Å². The predicted molar refractivity (Wildman–Crippen MR) is 60.7 cm³/mol. The van der Waals surface area contributed by atoms with E-state index in [1.165, 1.54) is 0 Å². The molecule has 0 heterocycles. The van der Waals surface area contributed by atoms with Crippen LogP contribution in [0.3, 0.4) is 0 Å². The van der Waals surface area contributed by atoms with Crippen molar-refractivity contribution >= 4 is 15.9 Å². The van der Waals surface area contributed by atoms with Crippen molar-refractivity contribution in [3.05, 3.63) is 0 Å². The van der Waals surface area contributed by atoms with Gasteiger partial charge < -0.3 is 10.1 Å². The summed E-state index contributed by atoms with van der Waals surface area (Å²) in [5, 5.41) is 2.39. The fourth-order valence-corrected chi connectivity index (χ4v) is 1.47. The first-order chi connectivity index (χ1) is 6.66. The molecule has 1 N–H and O–H groups in total. The molecule has 5 nitrogen and oxygen atoms in total. The Morgan fingerprint density at radius 2 is 1.93 bits per heavy atom. The molecule has 0 aliphatic heterocycles. The molecule has 0 spiro atoms. The normalized spacial score (nSPS) is 12.3. The maximum atomic E-state index is 11.1. The minimum absolute atomic E-state index is 0. The lowest BCUT2D eigenvalue weighted by Gasteiger charge is -2.19. The van der Waals surface area contributed by atoms with Gasteiger partial charge in [-0.1, -0.05) is 6.92 Å². The lowest BCUT2D eigenvalue weighted by molar-refractivity contribution is 0.0531. The number of hydrogen-bond donors (Lipinski definition) is 1. The van der Waals surface area contributed by atoms with Gasteiger partial charge in [-0.2, -0.15) is 0 Å². The minimum atomic E-state index is -3.03. The zero-order valence-electron chi connectivity index (χ0n) is 9.66. The highest BCUT2D eigenvalue weighted by atomic mass is 32.2. The number of nitrogens with one attached hydrogen (secondary N) is 1. The fraction of sp³-hybridized carbons (Fsp3) is 0.889. The average Bonchev–Trinajstić information content (AvgIpc) is 2.00. The molecule has 0 aliphatic carbocycles. The Morgan fingerprint density at radius 1 is 1.40 bits per heavy atom. The molecule has 92 valence electrons. The number of carbonyl (C=O) groups is 1. The van der Waals surface area contributed by atoms with Crippen LogP contribution >= 0.6 is 0 Å². The van der Waals surface area contributed by atoms with E-state index in [-0.39, 0.29) is 19.5 Å². The molecular formula is C9H21NO4S. The van der Waals surface area contributed by atoms with Crippen LogP contribution in [0.5, 0.6) is 0 Å². The minimum Gasteiger partial charge on any atom is -0.444 e. The first-order valence-corrected chi connectivity index (χ1v) is 6.66. The van der Waals surface area contributed by atoms with Crippen LogP contribution in [0.25, 0.3) is 0 Å². The van der Waals surface area contributed by atoms with Crippen molar-refractivity contribution in [2.75, 3.05) is 18.1 Å². The standard InChI is InChI=1S/C9H19NO4S.H2/c1-5-15(12,13)7-6-10-8(11)14-9(2,3)4;/h5-7H2,1-4H3,(H,10,11);1H. The van der Waals surface area contributed by atoms with E-state index in [1.54, 1.807) is 27.7 Å². The Kier molecular flexibility index (Phi) is 5.07. The van der Waals surface area contributed by atoms with Crippen molar-refractivity contribution in [3.63, 3.8) is 0 Å². The van der Waals surface area contributed by atoms with Crippen LogP contribution in [0.4, 0.5) is 4.79 Å². The number of sulfone groups is 1. The molecule has 0 radical (unpaired) electrons. The quantitative estimate of drug-likeness (QED) is 0.800. The molecule has 0 aromatic carbocycles. The Labute approximate surface area is 92.6 Å². The number of alkyl carbamates (subject to hydrolysis) is 1. The Hall–Kier alpha value is -0.780. The lowest BCUT2D eigenvalue weighted by atomic mass is 10.2. The molecule has 6 heteroatoms. The zero-order valence-corrected chi connectivity index (χ0v) is 10.5. The number of ether oxygens (including phenoxy) is 1. The van der Waals surface area contributed by atoms with Crippen molar-refractivity contribution in [3.8, 4) is 0 Å². The Balaban J connectivity index is 0. The zero-order chi connectivity index (χ0) is 12.1. The molecule has 0 rings (SSSR count). The molecule has 0 atom stereocenters. The van der Waals surface area contributed by atoms with Gasteiger partial charge in [0.2, 0.25) is 0 Å². The van der Waals surface area contributed by atoms with Crippen LogP contribution in [-0.4, -0.2) is 38.2 Å². The van der Waals surface area contributed by atoms with Gasteiger partial charge in [0.1, 0.15) is 5.60 Å². The third-order valence-corrected chi connectivity index (χ3v) is 3.23. The van der Waals surface area contributed by atoms with Gasteiger partial charge >= 0.3 is 6.09 Å². The highest BCUT2D eigenvalue weighted by molar-refractivity contribution is 7.91. The van der Waals surface area contributed by atoms with Crippen LogP contribution < -0.4 is 5.32 Å². The summed E-state index contributed by atoms with van der Waals surface area (Å²) in [6, 6.07) is 0. The summed E-state index contributed by atoms with van der Waals surface area (Å²) in [5.74, 6) is 0.0335. The topological polar surface area (TPSA) is 72.5 Å². The molecule has 0 fully saturated rings. The third kappa shape index (κ3) is 8.23. The van der Waals surface area contributed by atoms with Crippen molar-refractivity contribution in [2.45, 2.75) is 33.3 Å². The molecule has 0 aromatic heterocycles. The SMILES string of the molecule is CCS(=O)(=O)CCNC(=O)OC(C)(C)C.[HH]. The second-order valence-corrected chi connectivity index (χ2v) is 6.64. The van der Waals surface area contributed by atoms with Crippen molar-refractivity contribution in [1.82, 2.24) is 5.32 Å². The van der Waals surface area contributed by atoms with Gasteiger partial charge in [0.25, 0.3) is 0 Å². The lowest BCUT2D eigenvalue weighted by Crippen LogP contribution is -2.35. The summed E-state index contributed by atoms with van der Waals surface area (Å²) in [4.78, 5) is 11.1. The van der Waals surface area contributed by atoms with Crippen LogP contribution in [0.1, 0.15) is 29.1 Å². The van der Waals surface area contributed by atoms with Crippen LogP contribution in [0, 0.1) is 0 Å². The number of carbonyl (C=O) groups excluding carboxylic acids is 1. The second-order valence-electron chi connectivity index (χ2n) is 4.17. The van der Waals surface area contributed by atoms with E-state index < -0.39 is 21.5 Å². The summed E-state index contributed by atoms with van der Waals surface area (Å²) in [5.41, 5.74) is -0.562. The van der Waals surface area contributed by atoms with Gasteiger partial charge in [-0.05, 0) is 20.8 Å². The Bertz CT molecular complexity index is 308.